The molecule has 3 heteroatoms. The molecule has 0 N–H and O–H groups in total. The molecule has 0 spiro atoms. The summed E-state index contributed by atoms with van der Waals surface area (Å²) < 4.78 is 13.0. The molecule has 0 saturated heterocycles. The highest BCUT2D eigenvalue weighted by Gasteiger charge is 2.21. The van der Waals surface area contributed by atoms with Crippen molar-refractivity contribution in [3.63, 3.8) is 0 Å². The molecule has 212 valence electrons. The average Bonchev–Trinajstić information content (AvgIpc) is 3.68. The van der Waals surface area contributed by atoms with E-state index in [9.17, 15) is 0 Å². The van der Waals surface area contributed by atoms with Crippen LogP contribution < -0.4 is 4.90 Å². The van der Waals surface area contributed by atoms with Crippen molar-refractivity contribution in [2.24, 2.45) is 0 Å². The molecule has 0 aliphatic carbocycles. The van der Waals surface area contributed by atoms with Crippen molar-refractivity contribution < 1.29 is 8.83 Å². The highest BCUT2D eigenvalue weighted by Crippen LogP contribution is 2.46. The van der Waals surface area contributed by atoms with E-state index >= 15 is 0 Å². The van der Waals surface area contributed by atoms with Crippen molar-refractivity contribution in [1.29, 1.82) is 0 Å². The molecule has 0 aliphatic rings. The highest BCUT2D eigenvalue weighted by atomic mass is 16.3. The van der Waals surface area contributed by atoms with E-state index in [1.54, 1.807) is 0 Å². The van der Waals surface area contributed by atoms with Crippen molar-refractivity contribution in [3.8, 4) is 22.3 Å². The molecule has 0 unspecified atom stereocenters. The summed E-state index contributed by atoms with van der Waals surface area (Å²) in [6, 6.07) is 57.1. The molecular formula is C42H27NO2. The van der Waals surface area contributed by atoms with Crippen LogP contribution in [0.25, 0.3) is 66.1 Å². The molecule has 0 bridgehead atoms. The van der Waals surface area contributed by atoms with Crippen LogP contribution in [0.3, 0.4) is 0 Å². The molecular weight excluding hydrogens is 550 g/mol. The van der Waals surface area contributed by atoms with Gasteiger partial charge in [-0.25, -0.2) is 0 Å². The number of anilines is 3. The first-order chi connectivity index (χ1) is 22.3. The number of furan rings is 2. The first kappa shape index (κ1) is 25.4. The van der Waals surface area contributed by atoms with Crippen LogP contribution in [-0.2, 0) is 0 Å². The maximum absolute atomic E-state index is 6.79. The lowest BCUT2D eigenvalue weighted by Gasteiger charge is -2.25. The third-order valence-electron chi connectivity index (χ3n) is 8.67. The van der Waals surface area contributed by atoms with Gasteiger partial charge in [0.1, 0.15) is 22.3 Å². The molecule has 9 rings (SSSR count). The Morgan fingerprint density at radius 1 is 0.356 bits per heavy atom. The minimum atomic E-state index is 0.853. The van der Waals surface area contributed by atoms with Gasteiger partial charge in [-0.15, -0.1) is 0 Å². The zero-order chi connectivity index (χ0) is 29.7. The normalized spacial score (nSPS) is 11.6. The van der Waals surface area contributed by atoms with Crippen molar-refractivity contribution in [1.82, 2.24) is 0 Å². The van der Waals surface area contributed by atoms with Gasteiger partial charge in [0.05, 0.1) is 0 Å². The van der Waals surface area contributed by atoms with E-state index in [1.807, 2.05) is 24.3 Å². The smallest absolute Gasteiger partial charge is 0.143 e. The number of hydrogen-bond donors (Lipinski definition) is 0. The summed E-state index contributed by atoms with van der Waals surface area (Å²) in [7, 11) is 0. The molecule has 0 aliphatic heterocycles. The molecule has 0 radical (unpaired) electrons. The Morgan fingerprint density at radius 3 is 1.60 bits per heavy atom. The maximum atomic E-state index is 6.79. The monoisotopic (exact) mass is 577 g/mol. The Morgan fingerprint density at radius 2 is 0.911 bits per heavy atom. The summed E-state index contributed by atoms with van der Waals surface area (Å²) in [4.78, 5) is 2.28. The van der Waals surface area contributed by atoms with Crippen molar-refractivity contribution in [3.05, 3.63) is 164 Å². The predicted molar refractivity (Wildman–Crippen MR) is 187 cm³/mol. The van der Waals surface area contributed by atoms with E-state index in [0.717, 1.165) is 83.2 Å². The molecule has 0 fully saturated rings. The molecule has 2 aromatic heterocycles. The lowest BCUT2D eigenvalue weighted by atomic mass is 9.92. The Kier molecular flexibility index (Phi) is 5.82. The second-order valence-electron chi connectivity index (χ2n) is 11.3. The van der Waals surface area contributed by atoms with Crippen LogP contribution in [0.5, 0.6) is 0 Å². The van der Waals surface area contributed by atoms with Gasteiger partial charge in [0.25, 0.3) is 0 Å². The average molecular weight is 578 g/mol. The number of benzene rings is 7. The summed E-state index contributed by atoms with van der Waals surface area (Å²) in [5, 5.41) is 4.36. The van der Waals surface area contributed by atoms with E-state index in [0.29, 0.717) is 0 Å². The Bertz CT molecular complexity index is 2420. The van der Waals surface area contributed by atoms with Crippen LogP contribution in [0.15, 0.2) is 173 Å². The van der Waals surface area contributed by atoms with E-state index in [2.05, 4.69) is 144 Å². The summed E-state index contributed by atoms with van der Waals surface area (Å²) in [6.07, 6.45) is 0. The van der Waals surface area contributed by atoms with Crippen molar-refractivity contribution in [2.45, 2.75) is 0 Å². The molecule has 9 aromatic rings. The van der Waals surface area contributed by atoms with E-state index in [-0.39, 0.29) is 0 Å². The minimum absolute atomic E-state index is 0.853. The summed E-state index contributed by atoms with van der Waals surface area (Å²) in [6.45, 7) is 0. The number of nitrogens with zero attached hydrogens (tertiary/aromatic N) is 1. The molecule has 2 heterocycles. The van der Waals surface area contributed by atoms with Gasteiger partial charge in [-0.2, -0.15) is 0 Å². The fourth-order valence-electron chi connectivity index (χ4n) is 6.67. The largest absolute Gasteiger partial charge is 0.456 e. The quantitative estimate of drug-likeness (QED) is 0.204. The molecule has 3 nitrogen and oxygen atoms in total. The molecule has 0 amide bonds. The third-order valence-corrected chi connectivity index (χ3v) is 8.67. The second kappa shape index (κ2) is 10.3. The summed E-state index contributed by atoms with van der Waals surface area (Å²) >= 11 is 0. The van der Waals surface area contributed by atoms with E-state index < -0.39 is 0 Å². The Labute approximate surface area is 260 Å². The fraction of sp³-hybridized carbons (Fsp3) is 0. The van der Waals surface area contributed by atoms with Crippen LogP contribution in [0.4, 0.5) is 17.1 Å². The highest BCUT2D eigenvalue weighted by molar-refractivity contribution is 6.27. The van der Waals surface area contributed by atoms with Crippen LogP contribution in [0, 0.1) is 0 Å². The second-order valence-corrected chi connectivity index (χ2v) is 11.3. The summed E-state index contributed by atoms with van der Waals surface area (Å²) in [5.41, 5.74) is 11.2. The SMILES string of the molecule is c1ccc(-c2ccc3c(oc4ccc5oc6ccccc6c5c43)c2-c2ccc(N(c3ccccc3)c3ccccc3)cc2)cc1. The summed E-state index contributed by atoms with van der Waals surface area (Å²) in [5.74, 6) is 0. The van der Waals surface area contributed by atoms with Gasteiger partial charge < -0.3 is 13.7 Å². The van der Waals surface area contributed by atoms with Gasteiger partial charge in [0, 0.05) is 44.2 Å². The topological polar surface area (TPSA) is 29.5 Å². The Hall–Kier alpha value is -6.06. The van der Waals surface area contributed by atoms with Crippen LogP contribution in [0.1, 0.15) is 0 Å². The lowest BCUT2D eigenvalue weighted by molar-refractivity contribution is 0.663. The van der Waals surface area contributed by atoms with Gasteiger partial charge in [-0.3, -0.25) is 0 Å². The first-order valence-corrected chi connectivity index (χ1v) is 15.2. The van der Waals surface area contributed by atoms with E-state index in [4.69, 9.17) is 8.83 Å². The predicted octanol–water partition coefficient (Wildman–Crippen LogP) is 12.3. The molecule has 7 aromatic carbocycles. The van der Waals surface area contributed by atoms with Crippen LogP contribution >= 0.6 is 0 Å². The van der Waals surface area contributed by atoms with Crippen LogP contribution in [0.2, 0.25) is 0 Å². The van der Waals surface area contributed by atoms with Gasteiger partial charge in [-0.05, 0) is 77.4 Å². The van der Waals surface area contributed by atoms with Crippen LogP contribution in [-0.4, -0.2) is 0 Å². The first-order valence-electron chi connectivity index (χ1n) is 15.2. The van der Waals surface area contributed by atoms with Gasteiger partial charge in [0.2, 0.25) is 0 Å². The van der Waals surface area contributed by atoms with Gasteiger partial charge in [0.15, 0.2) is 0 Å². The zero-order valence-electron chi connectivity index (χ0n) is 24.4. The number of para-hydroxylation sites is 3. The van der Waals surface area contributed by atoms with E-state index in [1.165, 1.54) is 0 Å². The molecule has 0 atom stereocenters. The van der Waals surface area contributed by atoms with Gasteiger partial charge in [-0.1, -0.05) is 103 Å². The fourth-order valence-corrected chi connectivity index (χ4v) is 6.67. The third kappa shape index (κ3) is 4.13. The number of hydrogen-bond acceptors (Lipinski definition) is 3. The van der Waals surface area contributed by atoms with Crippen molar-refractivity contribution in [2.75, 3.05) is 4.90 Å². The van der Waals surface area contributed by atoms with Crippen molar-refractivity contribution >= 4 is 60.9 Å². The minimum Gasteiger partial charge on any atom is -0.456 e. The molecule has 0 saturated carbocycles. The maximum Gasteiger partial charge on any atom is 0.143 e. The zero-order valence-corrected chi connectivity index (χ0v) is 24.4. The standard InChI is InChI=1S/C42H27NO2/c1-4-12-28(13-5-1)33-24-25-35-41-38(27-26-37-40(41)34-18-10-11-19-36(34)44-37)45-42(35)39(33)29-20-22-32(23-21-29)43(30-14-6-2-7-15-30)31-16-8-3-9-17-31/h1-27H. The number of fused-ring (bicyclic) bond motifs is 7. The lowest BCUT2D eigenvalue weighted by Crippen LogP contribution is -2.09. The number of rotatable bonds is 5. The Balaban J connectivity index is 1.28. The molecule has 45 heavy (non-hydrogen) atoms. The van der Waals surface area contributed by atoms with Gasteiger partial charge >= 0.3 is 0 Å².